The number of aliphatic hydroxyl groups is 1. The third kappa shape index (κ3) is 2.87. The Balaban J connectivity index is 1.92. The average molecular weight is 272 g/mol. The van der Waals surface area contributed by atoms with E-state index in [2.05, 4.69) is 11.4 Å². The Morgan fingerprint density at radius 1 is 1.30 bits per heavy atom. The van der Waals surface area contributed by atoms with Gasteiger partial charge in [0.15, 0.2) is 0 Å². The first kappa shape index (κ1) is 15.0. The first-order valence-corrected chi connectivity index (χ1v) is 7.50. The fourth-order valence-electron chi connectivity index (χ4n) is 2.91. The number of nitriles is 1. The highest BCUT2D eigenvalue weighted by molar-refractivity contribution is 5.36. The van der Waals surface area contributed by atoms with E-state index < -0.39 is 5.60 Å². The van der Waals surface area contributed by atoms with Crippen LogP contribution >= 0.6 is 0 Å². The lowest BCUT2D eigenvalue weighted by Crippen LogP contribution is -2.54. The van der Waals surface area contributed by atoms with Gasteiger partial charge in [0.2, 0.25) is 0 Å². The van der Waals surface area contributed by atoms with Gasteiger partial charge in [-0.15, -0.1) is 0 Å². The minimum Gasteiger partial charge on any atom is -0.389 e. The van der Waals surface area contributed by atoms with Gasteiger partial charge in [-0.05, 0) is 31.2 Å². The highest BCUT2D eigenvalue weighted by atomic mass is 16.3. The predicted molar refractivity (Wildman–Crippen MR) is 80.3 cm³/mol. The van der Waals surface area contributed by atoms with Crippen molar-refractivity contribution in [2.45, 2.75) is 56.6 Å². The second-order valence-corrected chi connectivity index (χ2v) is 5.98. The summed E-state index contributed by atoms with van der Waals surface area (Å²) in [7, 11) is 0. The van der Waals surface area contributed by atoms with Gasteiger partial charge in [-0.3, -0.25) is 0 Å². The molecule has 3 nitrogen and oxygen atoms in total. The Labute approximate surface area is 121 Å². The van der Waals surface area contributed by atoms with E-state index in [-0.39, 0.29) is 5.41 Å². The molecular weight excluding hydrogens is 248 g/mol. The van der Waals surface area contributed by atoms with Gasteiger partial charge in [-0.1, -0.05) is 44.2 Å². The Bertz CT molecular complexity index is 468. The number of hydrogen-bond donors (Lipinski definition) is 2. The van der Waals surface area contributed by atoms with E-state index in [9.17, 15) is 10.4 Å². The SMILES string of the molecule is CCC(O)(CC)CNC1CC(C#N)(c2ccccc2)C1. The third-order valence-corrected chi connectivity index (χ3v) is 4.77. The van der Waals surface area contributed by atoms with E-state index in [0.717, 1.165) is 31.2 Å². The second kappa shape index (κ2) is 5.95. The molecule has 0 aliphatic heterocycles. The van der Waals surface area contributed by atoms with Crippen molar-refractivity contribution in [3.63, 3.8) is 0 Å². The molecule has 0 atom stereocenters. The maximum atomic E-state index is 10.3. The lowest BCUT2D eigenvalue weighted by molar-refractivity contribution is 0.0242. The van der Waals surface area contributed by atoms with E-state index >= 15 is 0 Å². The maximum Gasteiger partial charge on any atom is 0.0852 e. The van der Waals surface area contributed by atoms with E-state index in [1.807, 2.05) is 44.2 Å². The van der Waals surface area contributed by atoms with Crippen LogP contribution in [0.1, 0.15) is 45.1 Å². The van der Waals surface area contributed by atoms with Crippen LogP contribution in [-0.2, 0) is 5.41 Å². The monoisotopic (exact) mass is 272 g/mol. The minimum atomic E-state index is -0.613. The van der Waals surface area contributed by atoms with Crippen LogP contribution in [0.3, 0.4) is 0 Å². The summed E-state index contributed by atoms with van der Waals surface area (Å²) in [4.78, 5) is 0. The zero-order valence-corrected chi connectivity index (χ0v) is 12.4. The Kier molecular flexibility index (Phi) is 4.47. The van der Waals surface area contributed by atoms with Crippen molar-refractivity contribution < 1.29 is 5.11 Å². The van der Waals surface area contributed by atoms with Crippen LogP contribution in [0.15, 0.2) is 30.3 Å². The summed E-state index contributed by atoms with van der Waals surface area (Å²) in [5, 5.41) is 23.2. The maximum absolute atomic E-state index is 10.3. The van der Waals surface area contributed by atoms with Gasteiger partial charge in [0.05, 0.1) is 17.1 Å². The summed E-state index contributed by atoms with van der Waals surface area (Å²) in [6.45, 7) is 4.63. The molecule has 3 heteroatoms. The molecule has 0 bridgehead atoms. The molecular formula is C17H24N2O. The van der Waals surface area contributed by atoms with Gasteiger partial charge in [0.25, 0.3) is 0 Å². The third-order valence-electron chi connectivity index (χ3n) is 4.77. The van der Waals surface area contributed by atoms with Crippen molar-refractivity contribution in [1.29, 1.82) is 5.26 Å². The van der Waals surface area contributed by atoms with Gasteiger partial charge < -0.3 is 10.4 Å². The highest BCUT2D eigenvalue weighted by Crippen LogP contribution is 2.43. The van der Waals surface area contributed by atoms with E-state index in [1.54, 1.807) is 0 Å². The molecule has 2 N–H and O–H groups in total. The van der Waals surface area contributed by atoms with Gasteiger partial charge in [0.1, 0.15) is 0 Å². The summed E-state index contributed by atoms with van der Waals surface area (Å²) in [5.41, 5.74) is 0.161. The summed E-state index contributed by atoms with van der Waals surface area (Å²) in [6, 6.07) is 12.8. The predicted octanol–water partition coefficient (Wildman–Crippen LogP) is 2.75. The van der Waals surface area contributed by atoms with Crippen molar-refractivity contribution in [3.05, 3.63) is 35.9 Å². The van der Waals surface area contributed by atoms with Crippen molar-refractivity contribution >= 4 is 0 Å². The van der Waals surface area contributed by atoms with Crippen molar-refractivity contribution in [2.75, 3.05) is 6.54 Å². The molecule has 0 aromatic heterocycles. The van der Waals surface area contributed by atoms with E-state index in [0.29, 0.717) is 12.6 Å². The Hall–Kier alpha value is -1.37. The normalized spacial score (nSPS) is 25.8. The van der Waals surface area contributed by atoms with Crippen LogP contribution < -0.4 is 5.32 Å². The molecule has 20 heavy (non-hydrogen) atoms. The van der Waals surface area contributed by atoms with Crippen molar-refractivity contribution in [3.8, 4) is 6.07 Å². The Morgan fingerprint density at radius 2 is 1.90 bits per heavy atom. The summed E-state index contributed by atoms with van der Waals surface area (Å²) in [6.07, 6.45) is 3.17. The van der Waals surface area contributed by atoms with Crippen LogP contribution in [0.4, 0.5) is 0 Å². The van der Waals surface area contributed by atoms with E-state index in [1.165, 1.54) is 0 Å². The van der Waals surface area contributed by atoms with Crippen LogP contribution in [0, 0.1) is 11.3 Å². The molecule has 0 heterocycles. The zero-order valence-electron chi connectivity index (χ0n) is 12.4. The lowest BCUT2D eigenvalue weighted by Gasteiger charge is -2.44. The molecule has 0 radical (unpaired) electrons. The van der Waals surface area contributed by atoms with Gasteiger partial charge in [-0.2, -0.15) is 5.26 Å². The van der Waals surface area contributed by atoms with Crippen LogP contribution in [0.5, 0.6) is 0 Å². The number of nitrogens with zero attached hydrogens (tertiary/aromatic N) is 1. The van der Waals surface area contributed by atoms with Crippen molar-refractivity contribution in [1.82, 2.24) is 5.32 Å². The molecule has 1 aromatic rings. The van der Waals surface area contributed by atoms with E-state index in [4.69, 9.17) is 0 Å². The molecule has 1 aliphatic carbocycles. The van der Waals surface area contributed by atoms with Gasteiger partial charge in [0, 0.05) is 12.6 Å². The summed E-state index contributed by atoms with van der Waals surface area (Å²) in [5.74, 6) is 0. The smallest absolute Gasteiger partial charge is 0.0852 e. The number of hydrogen-bond acceptors (Lipinski definition) is 3. The van der Waals surface area contributed by atoms with Gasteiger partial charge >= 0.3 is 0 Å². The van der Waals surface area contributed by atoms with Crippen molar-refractivity contribution in [2.24, 2.45) is 0 Å². The van der Waals surface area contributed by atoms with Crippen LogP contribution in [0.2, 0.25) is 0 Å². The molecule has 0 saturated heterocycles. The quantitative estimate of drug-likeness (QED) is 0.837. The van der Waals surface area contributed by atoms with Crippen LogP contribution in [-0.4, -0.2) is 23.3 Å². The number of benzene rings is 1. The molecule has 0 spiro atoms. The molecule has 2 rings (SSSR count). The number of nitrogens with one attached hydrogen (secondary N) is 1. The molecule has 1 aliphatic rings. The zero-order chi connectivity index (χ0) is 14.6. The highest BCUT2D eigenvalue weighted by Gasteiger charge is 2.46. The largest absolute Gasteiger partial charge is 0.389 e. The fraction of sp³-hybridized carbons (Fsp3) is 0.588. The lowest BCUT2D eigenvalue weighted by atomic mass is 9.62. The van der Waals surface area contributed by atoms with Crippen LogP contribution in [0.25, 0.3) is 0 Å². The second-order valence-electron chi connectivity index (χ2n) is 5.98. The molecule has 1 saturated carbocycles. The fourth-order valence-corrected chi connectivity index (χ4v) is 2.91. The molecule has 1 fully saturated rings. The molecule has 0 unspecified atom stereocenters. The molecule has 0 amide bonds. The number of rotatable bonds is 6. The Morgan fingerprint density at radius 3 is 2.40 bits per heavy atom. The first-order valence-electron chi connectivity index (χ1n) is 7.50. The topological polar surface area (TPSA) is 56.0 Å². The summed E-state index contributed by atoms with van der Waals surface area (Å²) < 4.78 is 0. The summed E-state index contributed by atoms with van der Waals surface area (Å²) >= 11 is 0. The molecule has 108 valence electrons. The molecule has 1 aromatic carbocycles. The minimum absolute atomic E-state index is 0.333. The standard InChI is InChI=1S/C17H24N2O/c1-3-17(20,4-2)13-19-15-10-16(11-15,12-18)14-8-6-5-7-9-14/h5-9,15,19-20H,3-4,10-11,13H2,1-2H3. The van der Waals surface area contributed by atoms with Gasteiger partial charge in [-0.25, -0.2) is 0 Å². The first-order chi connectivity index (χ1) is 9.57. The average Bonchev–Trinajstić information content (AvgIpc) is 2.47.